The van der Waals surface area contributed by atoms with Crippen molar-refractivity contribution in [3.8, 4) is 0 Å². The van der Waals surface area contributed by atoms with E-state index in [0.717, 1.165) is 13.0 Å². The highest BCUT2D eigenvalue weighted by Gasteiger charge is 2.32. The van der Waals surface area contributed by atoms with E-state index in [1.165, 1.54) is 22.5 Å². The van der Waals surface area contributed by atoms with E-state index in [-0.39, 0.29) is 4.90 Å². The SMILES string of the molecule is CNC[C@H]1CCN(S(=O)(=O)c2ccc(F)cc2C)C1. The summed E-state index contributed by atoms with van der Waals surface area (Å²) in [5.74, 6) is -0.0635. The predicted molar refractivity (Wildman–Crippen MR) is 71.9 cm³/mol. The molecule has 1 aromatic carbocycles. The maximum atomic E-state index is 13.1. The smallest absolute Gasteiger partial charge is 0.243 e. The summed E-state index contributed by atoms with van der Waals surface area (Å²) in [5, 5.41) is 3.07. The lowest BCUT2D eigenvalue weighted by Crippen LogP contribution is -2.30. The number of hydrogen-bond acceptors (Lipinski definition) is 3. The Hall–Kier alpha value is -0.980. The molecule has 1 saturated heterocycles. The van der Waals surface area contributed by atoms with Crippen LogP contribution in [0.5, 0.6) is 0 Å². The van der Waals surface area contributed by atoms with Crippen molar-refractivity contribution in [1.82, 2.24) is 9.62 Å². The van der Waals surface area contributed by atoms with Gasteiger partial charge in [0.05, 0.1) is 4.90 Å². The highest BCUT2D eigenvalue weighted by atomic mass is 32.2. The van der Waals surface area contributed by atoms with Crippen LogP contribution in [0.3, 0.4) is 0 Å². The molecule has 1 aromatic rings. The highest BCUT2D eigenvalue weighted by Crippen LogP contribution is 2.26. The third-order valence-corrected chi connectivity index (χ3v) is 5.52. The van der Waals surface area contributed by atoms with E-state index in [1.54, 1.807) is 6.92 Å². The van der Waals surface area contributed by atoms with Crippen LogP contribution in [-0.2, 0) is 10.0 Å². The Morgan fingerprint density at radius 1 is 1.47 bits per heavy atom. The van der Waals surface area contributed by atoms with Crippen LogP contribution < -0.4 is 5.32 Å². The maximum absolute atomic E-state index is 13.1. The van der Waals surface area contributed by atoms with Crippen molar-refractivity contribution in [2.75, 3.05) is 26.7 Å². The van der Waals surface area contributed by atoms with Gasteiger partial charge in [-0.2, -0.15) is 4.31 Å². The molecule has 1 atom stereocenters. The fourth-order valence-corrected chi connectivity index (χ4v) is 4.25. The minimum atomic E-state index is -3.50. The molecule has 1 heterocycles. The topological polar surface area (TPSA) is 49.4 Å². The first-order valence-corrected chi connectivity index (χ1v) is 7.80. The van der Waals surface area contributed by atoms with Gasteiger partial charge in [0, 0.05) is 13.1 Å². The van der Waals surface area contributed by atoms with E-state index in [0.29, 0.717) is 24.6 Å². The number of rotatable bonds is 4. The summed E-state index contributed by atoms with van der Waals surface area (Å²) in [6.45, 7) is 3.50. The Bertz CT molecular complexity index is 560. The van der Waals surface area contributed by atoms with Gasteiger partial charge in [-0.05, 0) is 56.6 Å². The van der Waals surface area contributed by atoms with Gasteiger partial charge in [0.15, 0.2) is 0 Å². The molecular weight excluding hydrogens is 267 g/mol. The van der Waals surface area contributed by atoms with Crippen molar-refractivity contribution in [3.05, 3.63) is 29.6 Å². The second kappa shape index (κ2) is 5.56. The van der Waals surface area contributed by atoms with Gasteiger partial charge in [-0.3, -0.25) is 0 Å². The van der Waals surface area contributed by atoms with Crippen LogP contribution in [0, 0.1) is 18.7 Å². The van der Waals surface area contributed by atoms with Crippen molar-refractivity contribution in [2.24, 2.45) is 5.92 Å². The summed E-state index contributed by atoms with van der Waals surface area (Å²) < 4.78 is 39.6. The summed E-state index contributed by atoms with van der Waals surface area (Å²) in [6, 6.07) is 3.81. The molecule has 0 radical (unpaired) electrons. The van der Waals surface area contributed by atoms with Crippen molar-refractivity contribution in [1.29, 1.82) is 0 Å². The normalized spacial score (nSPS) is 20.9. The Kier molecular flexibility index (Phi) is 4.23. The zero-order valence-electron chi connectivity index (χ0n) is 11.2. The molecule has 6 heteroatoms. The molecule has 1 N–H and O–H groups in total. The molecule has 0 aromatic heterocycles. The molecule has 1 fully saturated rings. The molecule has 0 amide bonds. The number of aryl methyl sites for hydroxylation is 1. The fraction of sp³-hybridized carbons (Fsp3) is 0.538. The summed E-state index contributed by atoms with van der Waals surface area (Å²) in [5.41, 5.74) is 0.456. The first-order chi connectivity index (χ1) is 8.95. The van der Waals surface area contributed by atoms with Crippen LogP contribution in [0.15, 0.2) is 23.1 Å². The quantitative estimate of drug-likeness (QED) is 0.909. The first-order valence-electron chi connectivity index (χ1n) is 6.36. The number of benzene rings is 1. The fourth-order valence-electron chi connectivity index (χ4n) is 2.51. The molecule has 4 nitrogen and oxygen atoms in total. The lowest BCUT2D eigenvalue weighted by molar-refractivity contribution is 0.450. The molecule has 0 aliphatic carbocycles. The Morgan fingerprint density at radius 2 is 2.21 bits per heavy atom. The van der Waals surface area contributed by atoms with Crippen molar-refractivity contribution in [3.63, 3.8) is 0 Å². The highest BCUT2D eigenvalue weighted by molar-refractivity contribution is 7.89. The van der Waals surface area contributed by atoms with Gasteiger partial charge in [0.1, 0.15) is 5.82 Å². The second-order valence-corrected chi connectivity index (χ2v) is 6.89. The lowest BCUT2D eigenvalue weighted by Gasteiger charge is -2.18. The van der Waals surface area contributed by atoms with E-state index in [2.05, 4.69) is 5.32 Å². The van der Waals surface area contributed by atoms with Crippen molar-refractivity contribution < 1.29 is 12.8 Å². The van der Waals surface area contributed by atoms with Gasteiger partial charge in [-0.15, -0.1) is 0 Å². The number of hydrogen-bond donors (Lipinski definition) is 1. The van der Waals surface area contributed by atoms with Crippen LogP contribution in [0.1, 0.15) is 12.0 Å². The minimum Gasteiger partial charge on any atom is -0.319 e. The van der Waals surface area contributed by atoms with Gasteiger partial charge in [0.2, 0.25) is 10.0 Å². The third kappa shape index (κ3) is 2.96. The minimum absolute atomic E-state index is 0.207. The maximum Gasteiger partial charge on any atom is 0.243 e. The van der Waals surface area contributed by atoms with Crippen LogP contribution >= 0.6 is 0 Å². The molecule has 2 rings (SSSR count). The van der Waals surface area contributed by atoms with Gasteiger partial charge in [-0.25, -0.2) is 12.8 Å². The van der Waals surface area contributed by atoms with Gasteiger partial charge in [-0.1, -0.05) is 0 Å². The molecule has 1 aliphatic heterocycles. The van der Waals surface area contributed by atoms with Gasteiger partial charge in [0.25, 0.3) is 0 Å². The van der Waals surface area contributed by atoms with Crippen LogP contribution in [0.4, 0.5) is 4.39 Å². The molecule has 19 heavy (non-hydrogen) atoms. The third-order valence-electron chi connectivity index (χ3n) is 3.50. The second-order valence-electron chi connectivity index (χ2n) is 4.99. The number of nitrogens with one attached hydrogen (secondary N) is 1. The zero-order valence-corrected chi connectivity index (χ0v) is 12.0. The van der Waals surface area contributed by atoms with Crippen molar-refractivity contribution in [2.45, 2.75) is 18.2 Å². The molecule has 0 bridgehead atoms. The lowest BCUT2D eigenvalue weighted by atomic mass is 10.1. The number of nitrogens with zero attached hydrogens (tertiary/aromatic N) is 1. The average molecular weight is 286 g/mol. The summed E-state index contributed by atoms with van der Waals surface area (Å²) in [7, 11) is -1.64. The molecule has 1 aliphatic rings. The first kappa shape index (κ1) is 14.4. The summed E-state index contributed by atoms with van der Waals surface area (Å²) in [6.07, 6.45) is 0.861. The Labute approximate surface area is 113 Å². The molecule has 106 valence electrons. The van der Waals surface area contributed by atoms with Gasteiger partial charge >= 0.3 is 0 Å². The molecule has 0 saturated carbocycles. The van der Waals surface area contributed by atoms with E-state index in [4.69, 9.17) is 0 Å². The Balaban J connectivity index is 2.23. The van der Waals surface area contributed by atoms with Gasteiger partial charge < -0.3 is 5.32 Å². The molecule has 0 spiro atoms. The standard InChI is InChI=1S/C13H19FN2O2S/c1-10-7-12(14)3-4-13(10)19(17,18)16-6-5-11(9-16)8-15-2/h3-4,7,11,15H,5-6,8-9H2,1-2H3/t11-/m1/s1. The number of sulfonamides is 1. The largest absolute Gasteiger partial charge is 0.319 e. The van der Waals surface area contributed by atoms with Crippen LogP contribution in [0.25, 0.3) is 0 Å². The van der Waals surface area contributed by atoms with Crippen LogP contribution in [-0.4, -0.2) is 39.4 Å². The van der Waals surface area contributed by atoms with E-state index in [9.17, 15) is 12.8 Å². The van der Waals surface area contributed by atoms with Crippen molar-refractivity contribution >= 4 is 10.0 Å². The predicted octanol–water partition coefficient (Wildman–Crippen LogP) is 1.36. The molecule has 0 unspecified atom stereocenters. The van der Waals surface area contributed by atoms with Crippen LogP contribution in [0.2, 0.25) is 0 Å². The zero-order chi connectivity index (χ0) is 14.0. The Morgan fingerprint density at radius 3 is 2.84 bits per heavy atom. The average Bonchev–Trinajstić information content (AvgIpc) is 2.78. The summed E-state index contributed by atoms with van der Waals surface area (Å²) >= 11 is 0. The number of halogens is 1. The van der Waals surface area contributed by atoms with E-state index >= 15 is 0 Å². The van der Waals surface area contributed by atoms with E-state index in [1.807, 2.05) is 7.05 Å². The molecular formula is C13H19FN2O2S. The van der Waals surface area contributed by atoms with E-state index < -0.39 is 15.8 Å². The summed E-state index contributed by atoms with van der Waals surface area (Å²) in [4.78, 5) is 0.207. The monoisotopic (exact) mass is 286 g/mol.